The van der Waals surface area contributed by atoms with Gasteiger partial charge in [0.15, 0.2) is 5.13 Å². The predicted molar refractivity (Wildman–Crippen MR) is 146 cm³/mol. The lowest BCUT2D eigenvalue weighted by molar-refractivity contribution is 0.0531. The lowest BCUT2D eigenvalue weighted by atomic mass is 10.1. The van der Waals surface area contributed by atoms with Gasteiger partial charge in [-0.05, 0) is 31.0 Å². The highest BCUT2D eigenvalue weighted by molar-refractivity contribution is 7.17. The number of anilines is 4. The molecule has 0 radical (unpaired) electrons. The molecule has 5 heterocycles. The van der Waals surface area contributed by atoms with E-state index in [0.717, 1.165) is 54.4 Å². The molecule has 0 bridgehead atoms. The van der Waals surface area contributed by atoms with E-state index in [1.807, 2.05) is 12.1 Å². The first-order valence-corrected chi connectivity index (χ1v) is 13.6. The second-order valence-corrected chi connectivity index (χ2v) is 10.2. The molecular weight excluding hydrogens is 520 g/mol. The fourth-order valence-electron chi connectivity index (χ4n) is 4.74. The van der Waals surface area contributed by atoms with E-state index in [-0.39, 0.29) is 5.97 Å². The molecule has 0 atom stereocenters. The molecule has 2 aliphatic heterocycles. The summed E-state index contributed by atoms with van der Waals surface area (Å²) in [4.78, 5) is 31.7. The van der Waals surface area contributed by atoms with Crippen LogP contribution in [0, 0.1) is 6.92 Å². The van der Waals surface area contributed by atoms with Crippen LogP contribution in [0.1, 0.15) is 33.4 Å². The molecule has 0 amide bonds. The largest absolute Gasteiger partial charge is 0.462 e. The molecule has 4 aromatic rings. The Kier molecular flexibility index (Phi) is 7.02. The van der Waals surface area contributed by atoms with Crippen molar-refractivity contribution in [3.63, 3.8) is 0 Å². The summed E-state index contributed by atoms with van der Waals surface area (Å²) in [5.74, 6) is 2.45. The summed E-state index contributed by atoms with van der Waals surface area (Å²) in [6, 6.07) is 8.13. The first-order chi connectivity index (χ1) is 19.1. The van der Waals surface area contributed by atoms with Crippen LogP contribution in [0.25, 0.3) is 11.4 Å². The molecule has 14 heteroatoms. The molecule has 2 N–H and O–H groups in total. The topological polar surface area (TPSA) is 147 Å². The summed E-state index contributed by atoms with van der Waals surface area (Å²) in [6.45, 7) is 8.27. The number of nitrogens with one attached hydrogen (secondary N) is 2. The van der Waals surface area contributed by atoms with Crippen molar-refractivity contribution < 1.29 is 14.3 Å². The highest BCUT2D eigenvalue weighted by Gasteiger charge is 2.29. The molecule has 13 nitrogen and oxygen atoms in total. The molecule has 1 aromatic carbocycles. The number of nitrogens with zero attached hydrogens (tertiary/aromatic N) is 8. The minimum absolute atomic E-state index is 0.311. The molecule has 2 aliphatic rings. The molecule has 1 saturated heterocycles. The molecule has 39 heavy (non-hydrogen) atoms. The van der Waals surface area contributed by atoms with Gasteiger partial charge in [-0.25, -0.2) is 9.78 Å². The number of fused-ring (bicyclic) bond motifs is 1. The molecule has 6 rings (SSSR count). The molecule has 0 saturated carbocycles. The van der Waals surface area contributed by atoms with Crippen molar-refractivity contribution in [1.29, 1.82) is 0 Å². The summed E-state index contributed by atoms with van der Waals surface area (Å²) in [5.41, 5.74) is 3.79. The third-order valence-electron chi connectivity index (χ3n) is 6.61. The van der Waals surface area contributed by atoms with Crippen LogP contribution in [0.15, 0.2) is 24.3 Å². The van der Waals surface area contributed by atoms with Gasteiger partial charge in [0, 0.05) is 37.3 Å². The number of esters is 1. The second-order valence-electron chi connectivity index (χ2n) is 9.16. The number of hydrogen-bond donors (Lipinski definition) is 2. The van der Waals surface area contributed by atoms with E-state index >= 15 is 0 Å². The minimum Gasteiger partial charge on any atom is -0.462 e. The van der Waals surface area contributed by atoms with E-state index in [4.69, 9.17) is 19.4 Å². The van der Waals surface area contributed by atoms with Gasteiger partial charge in [-0.15, -0.1) is 10.2 Å². The van der Waals surface area contributed by atoms with Crippen LogP contribution in [0.3, 0.4) is 0 Å². The Morgan fingerprint density at radius 3 is 2.67 bits per heavy atom. The number of aromatic amines is 1. The number of carbonyl (C=O) groups is 1. The van der Waals surface area contributed by atoms with Gasteiger partial charge in [0.2, 0.25) is 11.8 Å². The molecular formula is C25H28N10O3S. The van der Waals surface area contributed by atoms with Gasteiger partial charge in [-0.1, -0.05) is 35.6 Å². The maximum absolute atomic E-state index is 12.3. The second kappa shape index (κ2) is 10.9. The predicted octanol–water partition coefficient (Wildman–Crippen LogP) is 2.74. The van der Waals surface area contributed by atoms with Gasteiger partial charge in [0.05, 0.1) is 25.5 Å². The summed E-state index contributed by atoms with van der Waals surface area (Å²) >= 11 is 1.24. The summed E-state index contributed by atoms with van der Waals surface area (Å²) in [7, 11) is 0. The third kappa shape index (κ3) is 5.25. The normalized spacial score (nSPS) is 14.9. The summed E-state index contributed by atoms with van der Waals surface area (Å²) in [6.07, 6.45) is 0.854. The van der Waals surface area contributed by atoms with E-state index < -0.39 is 0 Å². The van der Waals surface area contributed by atoms with Crippen molar-refractivity contribution in [3.8, 4) is 11.4 Å². The van der Waals surface area contributed by atoms with Gasteiger partial charge in [-0.3, -0.25) is 5.32 Å². The lowest BCUT2D eigenvalue weighted by Crippen LogP contribution is -2.37. The Bertz CT molecular complexity index is 1450. The van der Waals surface area contributed by atoms with Gasteiger partial charge in [-0.2, -0.15) is 15.2 Å². The number of thiazole rings is 1. The molecule has 202 valence electrons. The van der Waals surface area contributed by atoms with Crippen LogP contribution in [-0.4, -0.2) is 81.0 Å². The molecule has 1 fully saturated rings. The SMILES string of the molecule is CCOC(=O)c1sc(Nc2nc(N3CCOCC3)c3c(n2)N(Cc2ccc(-c4nn[nH]n4)cc2)CC3)nc1C. The number of tetrazole rings is 1. The highest BCUT2D eigenvalue weighted by Crippen LogP contribution is 2.36. The summed E-state index contributed by atoms with van der Waals surface area (Å²) in [5, 5.41) is 18.0. The van der Waals surface area contributed by atoms with E-state index in [1.165, 1.54) is 11.3 Å². The maximum atomic E-state index is 12.3. The number of hydrogen-bond acceptors (Lipinski definition) is 13. The number of benzene rings is 1. The third-order valence-corrected chi connectivity index (χ3v) is 7.67. The van der Waals surface area contributed by atoms with Crippen molar-refractivity contribution in [2.75, 3.05) is 54.6 Å². The van der Waals surface area contributed by atoms with Crippen LogP contribution in [0.2, 0.25) is 0 Å². The Labute approximate surface area is 228 Å². The van der Waals surface area contributed by atoms with E-state index in [0.29, 0.717) is 53.8 Å². The van der Waals surface area contributed by atoms with Gasteiger partial charge < -0.3 is 19.3 Å². The first-order valence-electron chi connectivity index (χ1n) is 12.8. The molecule has 0 spiro atoms. The zero-order chi connectivity index (χ0) is 26.8. The average molecular weight is 549 g/mol. The maximum Gasteiger partial charge on any atom is 0.350 e. The Morgan fingerprint density at radius 1 is 1.13 bits per heavy atom. The van der Waals surface area contributed by atoms with Gasteiger partial charge >= 0.3 is 5.97 Å². The Hall–Kier alpha value is -4.17. The van der Waals surface area contributed by atoms with Crippen LogP contribution < -0.4 is 15.1 Å². The minimum atomic E-state index is -0.374. The van der Waals surface area contributed by atoms with Crippen LogP contribution >= 0.6 is 11.3 Å². The Balaban J connectivity index is 1.29. The van der Waals surface area contributed by atoms with E-state index in [9.17, 15) is 4.79 Å². The molecule has 3 aromatic heterocycles. The van der Waals surface area contributed by atoms with E-state index in [2.05, 4.69) is 52.9 Å². The Morgan fingerprint density at radius 2 is 1.92 bits per heavy atom. The summed E-state index contributed by atoms with van der Waals surface area (Å²) < 4.78 is 10.7. The fraction of sp³-hybridized carbons (Fsp3) is 0.400. The molecule has 0 aliphatic carbocycles. The number of morpholine rings is 1. The first kappa shape index (κ1) is 25.1. The monoisotopic (exact) mass is 548 g/mol. The number of rotatable bonds is 8. The van der Waals surface area contributed by atoms with Crippen LogP contribution in [-0.2, 0) is 22.4 Å². The lowest BCUT2D eigenvalue weighted by Gasteiger charge is -2.29. The zero-order valence-corrected chi connectivity index (χ0v) is 22.5. The van der Waals surface area contributed by atoms with Crippen LogP contribution in [0.4, 0.5) is 22.7 Å². The van der Waals surface area contributed by atoms with Crippen molar-refractivity contribution in [1.82, 2.24) is 35.6 Å². The number of carbonyl (C=O) groups excluding carboxylic acids is 1. The van der Waals surface area contributed by atoms with Crippen molar-refractivity contribution in [3.05, 3.63) is 46.0 Å². The van der Waals surface area contributed by atoms with Crippen molar-refractivity contribution in [2.45, 2.75) is 26.8 Å². The fourth-order valence-corrected chi connectivity index (χ4v) is 5.59. The van der Waals surface area contributed by atoms with Crippen molar-refractivity contribution >= 4 is 40.0 Å². The molecule has 0 unspecified atom stereocenters. The van der Waals surface area contributed by atoms with Gasteiger partial charge in [0.1, 0.15) is 16.5 Å². The van der Waals surface area contributed by atoms with Crippen LogP contribution in [0.5, 0.6) is 0 Å². The standard InChI is InChI=1S/C25H28N10O3S/c1-3-38-23(36)19-15(2)26-25(39-19)29-24-27-21(34-10-12-37-13-11-34)18-8-9-35(22(18)28-24)14-16-4-6-17(7-5-16)20-30-32-33-31-20/h4-7H,3,8-14H2,1-2H3,(H,26,27,28,29)(H,30,31,32,33). The number of aromatic nitrogens is 7. The smallest absolute Gasteiger partial charge is 0.350 e. The van der Waals surface area contributed by atoms with Gasteiger partial charge in [0.25, 0.3) is 0 Å². The number of ether oxygens (including phenoxy) is 2. The highest BCUT2D eigenvalue weighted by atomic mass is 32.1. The number of H-pyrrole nitrogens is 1. The van der Waals surface area contributed by atoms with Crippen molar-refractivity contribution in [2.24, 2.45) is 0 Å². The average Bonchev–Trinajstić information content (AvgIpc) is 3.71. The van der Waals surface area contributed by atoms with E-state index in [1.54, 1.807) is 13.8 Å². The quantitative estimate of drug-likeness (QED) is 0.312. The zero-order valence-electron chi connectivity index (χ0n) is 21.7. The number of aryl methyl sites for hydroxylation is 1.